The summed E-state index contributed by atoms with van der Waals surface area (Å²) < 4.78 is 0. The van der Waals surface area contributed by atoms with Gasteiger partial charge in [-0.25, -0.2) is 4.99 Å². The van der Waals surface area contributed by atoms with Gasteiger partial charge in [0.25, 0.3) is 5.91 Å². The van der Waals surface area contributed by atoms with Crippen molar-refractivity contribution in [3.05, 3.63) is 30.3 Å². The molecule has 1 atom stereocenters. The highest BCUT2D eigenvalue weighted by Crippen LogP contribution is 2.07. The number of nitrogens with zero attached hydrogens (tertiary/aromatic N) is 1. The van der Waals surface area contributed by atoms with E-state index < -0.39 is 11.4 Å². The third-order valence-corrected chi connectivity index (χ3v) is 1.82. The first-order valence-electron chi connectivity index (χ1n) is 3.81. The molecular weight excluding hydrogens is 220 g/mol. The van der Waals surface area contributed by atoms with Crippen molar-refractivity contribution in [2.75, 3.05) is 5.32 Å². The second-order valence-electron chi connectivity index (χ2n) is 2.41. The van der Waals surface area contributed by atoms with E-state index in [9.17, 15) is 4.79 Å². The molecule has 0 heterocycles. The summed E-state index contributed by atoms with van der Waals surface area (Å²) in [6, 6.07) is 8.97. The highest BCUT2D eigenvalue weighted by Gasteiger charge is 2.12. The lowest BCUT2D eigenvalue weighted by molar-refractivity contribution is -0.115. The third-order valence-electron chi connectivity index (χ3n) is 1.42. The van der Waals surface area contributed by atoms with Crippen LogP contribution in [0.5, 0.6) is 0 Å². The number of carbonyl (C=O) groups excluding carboxylic acids is 1. The van der Waals surface area contributed by atoms with E-state index in [2.05, 4.69) is 22.5 Å². The molecule has 0 radical (unpaired) electrons. The molecule has 0 aliphatic heterocycles. The molecule has 14 heavy (non-hydrogen) atoms. The van der Waals surface area contributed by atoms with Crippen LogP contribution in [-0.4, -0.2) is 16.6 Å². The van der Waals surface area contributed by atoms with E-state index in [0.717, 1.165) is 0 Å². The number of rotatable bonds is 3. The van der Waals surface area contributed by atoms with Crippen LogP contribution in [-0.2, 0) is 4.79 Å². The fourth-order valence-corrected chi connectivity index (χ4v) is 1.09. The molecule has 1 unspecified atom stereocenters. The fourth-order valence-electron chi connectivity index (χ4n) is 0.828. The molecule has 1 rings (SSSR count). The minimum absolute atomic E-state index is 0.421. The van der Waals surface area contributed by atoms with Crippen molar-refractivity contribution in [3.63, 3.8) is 0 Å². The van der Waals surface area contributed by atoms with E-state index in [-0.39, 0.29) is 0 Å². The molecule has 0 fully saturated rings. The van der Waals surface area contributed by atoms with E-state index in [1.807, 2.05) is 11.2 Å². The van der Waals surface area contributed by atoms with E-state index in [4.69, 9.17) is 11.6 Å². The monoisotopic (exact) mass is 226 g/mol. The van der Waals surface area contributed by atoms with Gasteiger partial charge in [0, 0.05) is 5.69 Å². The molecule has 0 aliphatic rings. The Morgan fingerprint density at radius 2 is 2.14 bits per heavy atom. The number of hydrogen-bond acceptors (Lipinski definition) is 3. The summed E-state index contributed by atoms with van der Waals surface area (Å²) >= 11 is 9.90. The number of benzene rings is 1. The van der Waals surface area contributed by atoms with Gasteiger partial charge in [-0.3, -0.25) is 4.79 Å². The molecule has 0 spiro atoms. The fraction of sp³-hybridized carbons (Fsp3) is 0.111. The van der Waals surface area contributed by atoms with Crippen LogP contribution in [0.1, 0.15) is 0 Å². The Kier molecular flexibility index (Phi) is 4.26. The lowest BCUT2D eigenvalue weighted by atomic mass is 10.3. The zero-order valence-electron chi connectivity index (χ0n) is 7.11. The van der Waals surface area contributed by atoms with Crippen molar-refractivity contribution in [1.29, 1.82) is 0 Å². The standard InChI is InChI=1S/C9H7ClN2OS/c10-8(11-6-14)9(13)12-7-4-2-1-3-5-7/h1-5,8H,(H,12,13). The quantitative estimate of drug-likeness (QED) is 0.372. The van der Waals surface area contributed by atoms with Gasteiger partial charge in [-0.2, -0.15) is 0 Å². The largest absolute Gasteiger partial charge is 0.323 e. The predicted molar refractivity (Wildman–Crippen MR) is 59.7 cm³/mol. The van der Waals surface area contributed by atoms with Crippen LogP contribution in [0.25, 0.3) is 0 Å². The van der Waals surface area contributed by atoms with E-state index in [1.165, 1.54) is 0 Å². The van der Waals surface area contributed by atoms with Gasteiger partial charge in [0.2, 0.25) is 5.50 Å². The highest BCUT2D eigenvalue weighted by atomic mass is 35.5. The number of hydrogen-bond donors (Lipinski definition) is 1. The first-order valence-corrected chi connectivity index (χ1v) is 4.65. The van der Waals surface area contributed by atoms with Crippen LogP contribution in [0.15, 0.2) is 35.3 Å². The number of amides is 1. The van der Waals surface area contributed by atoms with E-state index >= 15 is 0 Å². The molecule has 0 bridgehead atoms. The van der Waals surface area contributed by atoms with Crippen LogP contribution in [0.4, 0.5) is 5.69 Å². The van der Waals surface area contributed by atoms with E-state index in [0.29, 0.717) is 5.69 Å². The first-order chi connectivity index (χ1) is 6.74. The van der Waals surface area contributed by atoms with Gasteiger partial charge >= 0.3 is 0 Å². The number of thiocarbonyl (C=S) groups is 1. The van der Waals surface area contributed by atoms with Crippen LogP contribution in [0.2, 0.25) is 0 Å². The van der Waals surface area contributed by atoms with Gasteiger partial charge < -0.3 is 5.32 Å². The number of halogens is 1. The molecule has 0 saturated carbocycles. The van der Waals surface area contributed by atoms with Crippen LogP contribution >= 0.6 is 23.8 Å². The summed E-state index contributed by atoms with van der Waals surface area (Å²) in [4.78, 5) is 14.7. The molecule has 0 aliphatic carbocycles. The Bertz CT molecular complexity index is 362. The van der Waals surface area contributed by atoms with Crippen LogP contribution < -0.4 is 5.32 Å². The highest BCUT2D eigenvalue weighted by molar-refractivity contribution is 7.78. The molecule has 1 amide bonds. The number of anilines is 1. The lowest BCUT2D eigenvalue weighted by Crippen LogP contribution is -2.21. The topological polar surface area (TPSA) is 41.5 Å². The number of isothiocyanates is 1. The Morgan fingerprint density at radius 1 is 1.50 bits per heavy atom. The number of para-hydroxylation sites is 1. The molecule has 1 aromatic carbocycles. The Labute approximate surface area is 91.8 Å². The van der Waals surface area contributed by atoms with Crippen molar-refractivity contribution in [3.8, 4) is 0 Å². The number of alkyl halides is 1. The van der Waals surface area contributed by atoms with Crippen molar-refractivity contribution < 1.29 is 4.79 Å². The van der Waals surface area contributed by atoms with Gasteiger partial charge in [-0.15, -0.1) is 0 Å². The molecular formula is C9H7ClN2OS. The predicted octanol–water partition coefficient (Wildman–Crippen LogP) is 2.29. The average molecular weight is 227 g/mol. The van der Waals surface area contributed by atoms with Crippen molar-refractivity contribution in [2.45, 2.75) is 5.50 Å². The maximum Gasteiger partial charge on any atom is 0.265 e. The third kappa shape index (κ3) is 3.26. The molecule has 1 aromatic rings. The molecule has 0 aromatic heterocycles. The lowest BCUT2D eigenvalue weighted by Gasteiger charge is -2.04. The SMILES string of the molecule is O=C(Nc1ccccc1)C(Cl)N=C=S. The van der Waals surface area contributed by atoms with Gasteiger partial charge in [0.1, 0.15) is 0 Å². The van der Waals surface area contributed by atoms with Crippen molar-refractivity contribution in [2.24, 2.45) is 4.99 Å². The Balaban J connectivity index is 2.62. The maximum absolute atomic E-state index is 11.3. The summed E-state index contributed by atoms with van der Waals surface area (Å²) in [6.45, 7) is 0. The average Bonchev–Trinajstić information content (AvgIpc) is 2.19. The van der Waals surface area contributed by atoms with Gasteiger partial charge in [0.05, 0.1) is 5.16 Å². The number of carbonyl (C=O) groups is 1. The summed E-state index contributed by atoms with van der Waals surface area (Å²) in [5.74, 6) is -0.421. The minimum Gasteiger partial charge on any atom is -0.323 e. The molecule has 3 nitrogen and oxygen atoms in total. The van der Waals surface area contributed by atoms with E-state index in [1.54, 1.807) is 24.3 Å². The van der Waals surface area contributed by atoms with Gasteiger partial charge in [-0.05, 0) is 24.4 Å². The number of aliphatic imine (C=N–C) groups is 1. The van der Waals surface area contributed by atoms with Crippen molar-refractivity contribution in [1.82, 2.24) is 0 Å². The normalized spacial score (nSPS) is 11.2. The number of nitrogens with one attached hydrogen (secondary N) is 1. The smallest absolute Gasteiger partial charge is 0.265 e. The summed E-state index contributed by atoms with van der Waals surface area (Å²) in [5.41, 5.74) is -0.351. The van der Waals surface area contributed by atoms with Gasteiger partial charge in [0.15, 0.2) is 0 Å². The first kappa shape index (κ1) is 10.9. The molecule has 5 heteroatoms. The zero-order valence-corrected chi connectivity index (χ0v) is 8.68. The van der Waals surface area contributed by atoms with Crippen LogP contribution in [0, 0.1) is 0 Å². The Morgan fingerprint density at radius 3 is 2.71 bits per heavy atom. The molecule has 0 saturated heterocycles. The molecule has 72 valence electrons. The van der Waals surface area contributed by atoms with Crippen LogP contribution in [0.3, 0.4) is 0 Å². The Hall–Kier alpha value is -1.22. The summed E-state index contributed by atoms with van der Waals surface area (Å²) in [6.07, 6.45) is 0. The zero-order chi connectivity index (χ0) is 10.4. The molecule has 1 N–H and O–H groups in total. The minimum atomic E-state index is -1.02. The second kappa shape index (κ2) is 5.50. The maximum atomic E-state index is 11.3. The second-order valence-corrected chi connectivity index (χ2v) is 3.01. The van der Waals surface area contributed by atoms with Crippen molar-refractivity contribution >= 4 is 40.6 Å². The summed E-state index contributed by atoms with van der Waals surface area (Å²) in [7, 11) is 0. The van der Waals surface area contributed by atoms with Gasteiger partial charge in [-0.1, -0.05) is 29.8 Å². The summed E-state index contributed by atoms with van der Waals surface area (Å²) in [5, 5.41) is 4.63.